The zero-order valence-corrected chi connectivity index (χ0v) is 21.0. The Balaban J connectivity index is 1.68. The molecule has 1 unspecified atom stereocenters. The van der Waals surface area contributed by atoms with Crippen molar-refractivity contribution in [3.63, 3.8) is 0 Å². The van der Waals surface area contributed by atoms with E-state index in [0.717, 1.165) is 10.1 Å². The minimum absolute atomic E-state index is 0.0995. The van der Waals surface area contributed by atoms with Crippen LogP contribution in [0.2, 0.25) is 0 Å². The third-order valence-corrected chi connectivity index (χ3v) is 6.93. The van der Waals surface area contributed by atoms with E-state index in [1.165, 1.54) is 29.6 Å². The molecule has 9 nitrogen and oxygen atoms in total. The molecule has 0 N–H and O–H groups in total. The van der Waals surface area contributed by atoms with Gasteiger partial charge in [-0.15, -0.1) is 0 Å². The molecule has 1 aromatic heterocycles. The molecule has 5 rings (SSSR count). The van der Waals surface area contributed by atoms with Crippen LogP contribution in [0.1, 0.15) is 42.7 Å². The fourth-order valence-electron chi connectivity index (χ4n) is 4.75. The number of carbonyl (C=O) groups is 1. The fraction of sp³-hybridized carbons (Fsp3) is 0.320. The first-order valence-electron chi connectivity index (χ1n) is 11.2. The highest BCUT2D eigenvalue weighted by Crippen LogP contribution is 2.48. The lowest BCUT2D eigenvalue weighted by molar-refractivity contribution is 0.101. The molecule has 0 saturated carbocycles. The van der Waals surface area contributed by atoms with Gasteiger partial charge in [-0.1, -0.05) is 6.08 Å². The monoisotopic (exact) mass is 495 g/mol. The van der Waals surface area contributed by atoms with Crippen LogP contribution in [0.4, 0.5) is 0 Å². The van der Waals surface area contributed by atoms with Crippen LogP contribution in [-0.4, -0.2) is 38.6 Å². The molecule has 35 heavy (non-hydrogen) atoms. The Labute approximate surface area is 201 Å². The lowest BCUT2D eigenvalue weighted by atomic mass is 9.83. The number of aromatic nitrogens is 3. The summed E-state index contributed by atoms with van der Waals surface area (Å²) >= 11 is 0. The minimum Gasteiger partial charge on any atom is -0.483 e. The SMILES string of the molecule is CC(=O)c1ccc(-n2c(=O)n3n(c2=O)C2C(=CC3)C(C)(C)Oc3cc(OP(C)(C)=O)ccc32)cc1. The molecule has 0 spiro atoms. The zero-order chi connectivity index (χ0) is 25.3. The van der Waals surface area contributed by atoms with Crippen LogP contribution in [0.25, 0.3) is 5.69 Å². The Hall–Kier alpha value is -3.58. The number of rotatable bonds is 4. The van der Waals surface area contributed by atoms with Crippen LogP contribution >= 0.6 is 7.37 Å². The van der Waals surface area contributed by atoms with Crippen molar-refractivity contribution in [1.82, 2.24) is 13.9 Å². The average Bonchev–Trinajstić information content (AvgIpc) is 3.02. The van der Waals surface area contributed by atoms with Gasteiger partial charge >= 0.3 is 11.4 Å². The van der Waals surface area contributed by atoms with E-state index in [1.54, 1.807) is 42.5 Å². The molecule has 0 aliphatic carbocycles. The second-order valence-electron chi connectivity index (χ2n) is 9.65. The van der Waals surface area contributed by atoms with Gasteiger partial charge in [0.05, 0.1) is 12.2 Å². The average molecular weight is 495 g/mol. The molecule has 0 amide bonds. The molecule has 182 valence electrons. The molecule has 0 radical (unpaired) electrons. The summed E-state index contributed by atoms with van der Waals surface area (Å²) in [6.45, 7) is 8.55. The summed E-state index contributed by atoms with van der Waals surface area (Å²) in [6.07, 6.45) is 1.92. The predicted octanol–water partition coefficient (Wildman–Crippen LogP) is 3.62. The van der Waals surface area contributed by atoms with E-state index in [1.807, 2.05) is 19.9 Å². The number of nitrogens with zero attached hydrogens (tertiary/aromatic N) is 3. The minimum atomic E-state index is -2.78. The van der Waals surface area contributed by atoms with Crippen molar-refractivity contribution in [3.8, 4) is 17.2 Å². The molecular formula is C25H26N3O6P. The van der Waals surface area contributed by atoms with Crippen molar-refractivity contribution in [3.05, 3.63) is 86.2 Å². The number of hydrogen-bond acceptors (Lipinski definition) is 6. The van der Waals surface area contributed by atoms with E-state index in [0.29, 0.717) is 28.3 Å². The van der Waals surface area contributed by atoms with Gasteiger partial charge in [0.2, 0.25) is 7.37 Å². The summed E-state index contributed by atoms with van der Waals surface area (Å²) in [4.78, 5) is 38.7. The van der Waals surface area contributed by atoms with Gasteiger partial charge in [-0.25, -0.2) is 23.5 Å². The Morgan fingerprint density at radius 3 is 2.40 bits per heavy atom. The predicted molar refractivity (Wildman–Crippen MR) is 132 cm³/mol. The standard InChI is InChI=1S/C25H26N3O6P/c1-15(29)16-6-8-17(9-7-16)27-23(30)26-13-12-20-22(28(26)24(27)31)19-11-10-18(34-35(4,5)32)14-21(19)33-25(20,2)3/h6-12,14,22H,13H2,1-5H3. The molecule has 10 heteroatoms. The topological polar surface area (TPSA) is 102 Å². The molecule has 0 saturated heterocycles. The molecular weight excluding hydrogens is 469 g/mol. The van der Waals surface area contributed by atoms with Crippen molar-refractivity contribution in [2.75, 3.05) is 13.3 Å². The van der Waals surface area contributed by atoms with Crippen LogP contribution in [0, 0.1) is 0 Å². The summed E-state index contributed by atoms with van der Waals surface area (Å²) in [5, 5.41) is 0. The van der Waals surface area contributed by atoms with Crippen molar-refractivity contribution in [2.45, 2.75) is 39.0 Å². The molecule has 2 aliphatic rings. The van der Waals surface area contributed by atoms with Crippen molar-refractivity contribution in [2.24, 2.45) is 0 Å². The highest BCUT2D eigenvalue weighted by molar-refractivity contribution is 7.57. The summed E-state index contributed by atoms with van der Waals surface area (Å²) < 4.78 is 28.0. The van der Waals surface area contributed by atoms with Gasteiger partial charge in [-0.3, -0.25) is 9.36 Å². The Morgan fingerprint density at radius 1 is 1.09 bits per heavy atom. The summed E-state index contributed by atoms with van der Waals surface area (Å²) in [5.41, 5.74) is 0.728. The smallest absolute Gasteiger partial charge is 0.352 e. The first-order chi connectivity index (χ1) is 16.4. The lowest BCUT2D eigenvalue weighted by Crippen LogP contribution is -2.46. The van der Waals surface area contributed by atoms with Crippen LogP contribution in [0.3, 0.4) is 0 Å². The van der Waals surface area contributed by atoms with Gasteiger partial charge in [0.1, 0.15) is 23.1 Å². The first-order valence-corrected chi connectivity index (χ1v) is 13.7. The highest BCUT2D eigenvalue weighted by Gasteiger charge is 2.44. The molecule has 1 atom stereocenters. The Kier molecular flexibility index (Phi) is 5.11. The van der Waals surface area contributed by atoms with Crippen LogP contribution in [0.15, 0.2) is 63.7 Å². The molecule has 0 bridgehead atoms. The maximum absolute atomic E-state index is 13.7. The van der Waals surface area contributed by atoms with E-state index in [2.05, 4.69) is 0 Å². The second kappa shape index (κ2) is 7.71. The van der Waals surface area contributed by atoms with Crippen LogP contribution in [0.5, 0.6) is 11.5 Å². The van der Waals surface area contributed by atoms with E-state index in [9.17, 15) is 18.9 Å². The quantitative estimate of drug-likeness (QED) is 0.311. The van der Waals surface area contributed by atoms with E-state index >= 15 is 0 Å². The molecule has 3 aromatic rings. The van der Waals surface area contributed by atoms with Crippen LogP contribution < -0.4 is 20.6 Å². The largest absolute Gasteiger partial charge is 0.483 e. The number of ether oxygens (including phenoxy) is 1. The maximum Gasteiger partial charge on any atom is 0.352 e. The number of benzene rings is 2. The number of hydrogen-bond donors (Lipinski definition) is 0. The van der Waals surface area contributed by atoms with Gasteiger partial charge in [0.15, 0.2) is 5.78 Å². The van der Waals surface area contributed by atoms with Crippen molar-refractivity contribution in [1.29, 1.82) is 0 Å². The zero-order valence-electron chi connectivity index (χ0n) is 20.1. The van der Waals surface area contributed by atoms with Crippen LogP contribution in [-0.2, 0) is 11.1 Å². The first kappa shape index (κ1) is 23.2. The van der Waals surface area contributed by atoms with Crippen molar-refractivity contribution >= 4 is 13.2 Å². The third kappa shape index (κ3) is 3.80. The highest BCUT2D eigenvalue weighted by atomic mass is 31.2. The number of fused-ring (bicyclic) bond motifs is 5. The summed E-state index contributed by atoms with van der Waals surface area (Å²) in [5.74, 6) is 0.802. The van der Waals surface area contributed by atoms with E-state index in [4.69, 9.17) is 9.26 Å². The summed E-state index contributed by atoms with van der Waals surface area (Å²) in [7, 11) is -2.78. The van der Waals surface area contributed by atoms with Crippen molar-refractivity contribution < 1.29 is 18.6 Å². The fourth-order valence-corrected chi connectivity index (χ4v) is 5.37. The second-order valence-corrected chi connectivity index (χ2v) is 12.3. The van der Waals surface area contributed by atoms with E-state index in [-0.39, 0.29) is 12.3 Å². The Morgan fingerprint density at radius 2 is 1.77 bits per heavy atom. The number of Topliss-reactive ketones (excluding diaryl/α,β-unsaturated/α-hetero) is 1. The third-order valence-electron chi connectivity index (χ3n) is 6.28. The van der Waals surface area contributed by atoms with Gasteiger partial charge in [0.25, 0.3) is 0 Å². The molecule has 2 aliphatic heterocycles. The van der Waals surface area contributed by atoms with Gasteiger partial charge < -0.3 is 9.26 Å². The molecule has 0 fully saturated rings. The van der Waals surface area contributed by atoms with Gasteiger partial charge in [-0.2, -0.15) is 0 Å². The summed E-state index contributed by atoms with van der Waals surface area (Å²) in [6, 6.07) is 11.0. The van der Waals surface area contributed by atoms with Gasteiger partial charge in [-0.05, 0) is 62.7 Å². The molecule has 3 heterocycles. The lowest BCUT2D eigenvalue weighted by Gasteiger charge is -2.42. The maximum atomic E-state index is 13.7. The number of allylic oxidation sites excluding steroid dienone is 1. The van der Waals surface area contributed by atoms with Gasteiger partial charge in [0, 0.05) is 30.5 Å². The number of carbonyl (C=O) groups excluding carboxylic acids is 1. The van der Waals surface area contributed by atoms with E-state index < -0.39 is 30.4 Å². The normalized spacial score (nSPS) is 18.0. The molecule has 2 aromatic carbocycles. The Bertz CT molecular complexity index is 1570. The number of ketones is 1.